The Morgan fingerprint density at radius 2 is 2.00 bits per heavy atom. The van der Waals surface area contributed by atoms with Crippen molar-refractivity contribution in [2.24, 2.45) is 0 Å². The van der Waals surface area contributed by atoms with Gasteiger partial charge in [-0.15, -0.1) is 0 Å². The van der Waals surface area contributed by atoms with Crippen LogP contribution in [0.3, 0.4) is 0 Å². The van der Waals surface area contributed by atoms with Crippen LogP contribution in [-0.4, -0.2) is 53.0 Å². The van der Waals surface area contributed by atoms with Crippen LogP contribution in [-0.2, 0) is 0 Å². The van der Waals surface area contributed by atoms with E-state index in [1.807, 2.05) is 0 Å². The first-order chi connectivity index (χ1) is 3.91. The maximum absolute atomic E-state index is 3.50. The Bertz CT molecular complexity index is 31.5. The summed E-state index contributed by atoms with van der Waals surface area (Å²) in [5, 5.41) is 0. The van der Waals surface area contributed by atoms with Crippen molar-refractivity contribution in [1.29, 1.82) is 0 Å². The summed E-state index contributed by atoms with van der Waals surface area (Å²) >= 11 is 0. The van der Waals surface area contributed by atoms with E-state index in [1.54, 1.807) is 0 Å². The van der Waals surface area contributed by atoms with E-state index in [9.17, 15) is 0 Å². The molecule has 0 fully saturated rings. The first kappa shape index (κ1) is 9.30. The van der Waals surface area contributed by atoms with Gasteiger partial charge in [-0.05, 0) is 0 Å². The molecule has 13 radical (unpaired) electrons. The largest absolute Gasteiger partial charge is 0.0684 e. The van der Waals surface area contributed by atoms with Crippen molar-refractivity contribution in [3.05, 3.63) is 0 Å². The summed E-state index contributed by atoms with van der Waals surface area (Å²) in [6.45, 7) is 2.27. The van der Waals surface area contributed by atoms with Crippen LogP contribution in [0.5, 0.6) is 0 Å². The number of rotatable bonds is 5. The third kappa shape index (κ3) is 7.30. The van der Waals surface area contributed by atoms with Crippen molar-refractivity contribution in [3.8, 4) is 0 Å². The van der Waals surface area contributed by atoms with Crippen LogP contribution in [0.4, 0.5) is 0 Å². The maximum atomic E-state index is 3.50. The van der Waals surface area contributed by atoms with Gasteiger partial charge in [-0.25, -0.2) is 0 Å². The molecule has 0 aliphatic rings. The van der Waals surface area contributed by atoms with Gasteiger partial charge >= 0.3 is 0 Å². The summed E-state index contributed by atoms with van der Waals surface area (Å²) in [5.41, 5.74) is 0. The smallest absolute Gasteiger partial charge is 0.0177 e. The minimum absolute atomic E-state index is 1.03. The molecule has 0 aliphatic heterocycles. The van der Waals surface area contributed by atoms with E-state index < -0.39 is 0 Å². The molecule has 0 bridgehead atoms. The molecule has 0 aromatic carbocycles. The molecule has 0 aromatic heterocycles. The molecule has 6 heteroatoms. The molecule has 0 aliphatic carbocycles. The fourth-order valence-electron chi connectivity index (χ4n) is 0.195. The standard InChI is InChI=1S/C2H5Si6/c1-2-4-6-8-7-5-3/h2H2,1H3. The van der Waals surface area contributed by atoms with E-state index in [4.69, 9.17) is 0 Å². The van der Waals surface area contributed by atoms with E-state index >= 15 is 0 Å². The maximum Gasteiger partial charge on any atom is 0.0177 e. The molecular weight excluding hydrogens is 193 g/mol. The molecule has 8 heavy (non-hydrogen) atoms. The predicted octanol–water partition coefficient (Wildman–Crippen LogP) is -1.31. The van der Waals surface area contributed by atoms with Crippen molar-refractivity contribution >= 4 is 53.0 Å². The third-order valence-corrected chi connectivity index (χ3v) is 19.2. The summed E-state index contributed by atoms with van der Waals surface area (Å²) in [4.78, 5) is 0. The number of hydrogen-bond acceptors (Lipinski definition) is 0. The lowest BCUT2D eigenvalue weighted by Gasteiger charge is -1.88. The summed E-state index contributed by atoms with van der Waals surface area (Å²) in [6.07, 6.45) is 0. The van der Waals surface area contributed by atoms with Gasteiger partial charge in [0.1, 0.15) is 0 Å². The molecule has 0 nitrogen and oxygen atoms in total. The first-order valence-corrected chi connectivity index (χ1v) is 13.0. The average Bonchev–Trinajstić information content (AvgIpc) is 1.81. The number of hydrogen-bond donors (Lipinski definition) is 0. The first-order valence-electron chi connectivity index (χ1n) is 2.31. The summed E-state index contributed by atoms with van der Waals surface area (Å²) < 4.78 is 0. The monoisotopic (exact) mass is 197 g/mol. The van der Waals surface area contributed by atoms with E-state index in [0.717, 1.165) is 8.55 Å². The second-order valence-electron chi connectivity index (χ2n) is 1.03. The minimum atomic E-state index is 1.03. The van der Waals surface area contributed by atoms with Crippen LogP contribution in [0.15, 0.2) is 0 Å². The molecule has 0 saturated heterocycles. The highest BCUT2D eigenvalue weighted by Gasteiger charge is 1.88. The van der Waals surface area contributed by atoms with Crippen LogP contribution >= 0.6 is 0 Å². The minimum Gasteiger partial charge on any atom is -0.0684 e. The molecule has 0 atom stereocenters. The molecule has 0 unspecified atom stereocenters. The van der Waals surface area contributed by atoms with Gasteiger partial charge in [0.2, 0.25) is 0 Å². The Morgan fingerprint density at radius 3 is 2.50 bits per heavy atom. The topological polar surface area (TPSA) is 0 Å². The highest BCUT2D eigenvalue weighted by atomic mass is 29.9. The average molecular weight is 198 g/mol. The van der Waals surface area contributed by atoms with Crippen molar-refractivity contribution in [2.75, 3.05) is 0 Å². The lowest BCUT2D eigenvalue weighted by atomic mass is 11.0. The summed E-state index contributed by atoms with van der Waals surface area (Å²) in [6, 6.07) is 1.40. The normalized spacial score (nSPS) is 9.75. The van der Waals surface area contributed by atoms with E-state index in [0.29, 0.717) is 0 Å². The zero-order valence-electron chi connectivity index (χ0n) is 4.71. The fourth-order valence-corrected chi connectivity index (χ4v) is 21.2. The van der Waals surface area contributed by atoms with Gasteiger partial charge in [0.25, 0.3) is 0 Å². The van der Waals surface area contributed by atoms with Gasteiger partial charge in [-0.3, -0.25) is 0 Å². The van der Waals surface area contributed by atoms with Crippen molar-refractivity contribution in [3.63, 3.8) is 0 Å². The van der Waals surface area contributed by atoms with Crippen molar-refractivity contribution in [1.82, 2.24) is 0 Å². The van der Waals surface area contributed by atoms with Gasteiger partial charge in [0.05, 0.1) is 0 Å². The van der Waals surface area contributed by atoms with E-state index in [1.165, 1.54) is 40.7 Å². The second kappa shape index (κ2) is 8.30. The Balaban J connectivity index is 2.53. The van der Waals surface area contributed by atoms with Gasteiger partial charge in [0.15, 0.2) is 0 Å². The molecular formula is C2H5Si6. The highest BCUT2D eigenvalue weighted by molar-refractivity contribution is 7.57. The molecule has 0 amide bonds. The Morgan fingerprint density at radius 1 is 1.25 bits per heavy atom. The lowest BCUT2D eigenvalue weighted by molar-refractivity contribution is 1.47. The van der Waals surface area contributed by atoms with Gasteiger partial charge in [-0.2, -0.15) is 0 Å². The summed E-state index contributed by atoms with van der Waals surface area (Å²) in [7, 11) is 9.55. The molecule has 0 rings (SSSR count). The van der Waals surface area contributed by atoms with E-state index in [2.05, 4.69) is 16.7 Å². The van der Waals surface area contributed by atoms with Crippen LogP contribution in [0.1, 0.15) is 6.92 Å². The van der Waals surface area contributed by atoms with Crippen LogP contribution in [0.2, 0.25) is 6.04 Å². The van der Waals surface area contributed by atoms with Gasteiger partial charge in [0, 0.05) is 53.0 Å². The molecule has 0 heterocycles. The molecule has 0 aromatic rings. The van der Waals surface area contributed by atoms with E-state index in [-0.39, 0.29) is 0 Å². The fraction of sp³-hybridized carbons (Fsp3) is 1.00. The Hall–Kier alpha value is 1.30. The quantitative estimate of drug-likeness (QED) is 0.379. The lowest BCUT2D eigenvalue weighted by Crippen LogP contribution is -2.22. The molecule has 37 valence electrons. The zero-order valence-corrected chi connectivity index (χ0v) is 10.7. The SMILES string of the molecule is CC[Si][Si][Si][Si][Si][Si]. The highest BCUT2D eigenvalue weighted by Crippen LogP contribution is 1.67. The third-order valence-electron chi connectivity index (χ3n) is 0.453. The van der Waals surface area contributed by atoms with Crippen LogP contribution < -0.4 is 0 Å². The Labute approximate surface area is 66.1 Å². The predicted molar refractivity (Wildman–Crippen MR) is 45.0 cm³/mol. The van der Waals surface area contributed by atoms with Crippen LogP contribution in [0.25, 0.3) is 0 Å². The summed E-state index contributed by atoms with van der Waals surface area (Å²) in [5.74, 6) is 0. The molecule has 0 saturated carbocycles. The van der Waals surface area contributed by atoms with Crippen molar-refractivity contribution < 1.29 is 0 Å². The molecule has 0 N–H and O–H groups in total. The van der Waals surface area contributed by atoms with Crippen LogP contribution in [0, 0.1) is 0 Å². The van der Waals surface area contributed by atoms with Crippen molar-refractivity contribution in [2.45, 2.75) is 13.0 Å². The zero-order chi connectivity index (χ0) is 6.24. The van der Waals surface area contributed by atoms with Gasteiger partial charge < -0.3 is 0 Å². The molecule has 0 spiro atoms. The Kier molecular flexibility index (Phi) is 9.65. The van der Waals surface area contributed by atoms with Gasteiger partial charge in [-0.1, -0.05) is 13.0 Å². The second-order valence-corrected chi connectivity index (χ2v) is 16.2.